The highest BCUT2D eigenvalue weighted by molar-refractivity contribution is 7.89. The van der Waals surface area contributed by atoms with Crippen molar-refractivity contribution in [3.05, 3.63) is 48.2 Å². The van der Waals surface area contributed by atoms with Crippen LogP contribution >= 0.6 is 0 Å². The Labute approximate surface area is 197 Å². The van der Waals surface area contributed by atoms with Gasteiger partial charge in [-0.3, -0.25) is 9.69 Å². The van der Waals surface area contributed by atoms with Crippen LogP contribution in [0.3, 0.4) is 0 Å². The number of carbonyl (C=O) groups is 1. The predicted octanol–water partition coefficient (Wildman–Crippen LogP) is 1.53. The van der Waals surface area contributed by atoms with Crippen LogP contribution in [0.4, 0.5) is 20.3 Å². The van der Waals surface area contributed by atoms with Gasteiger partial charge in [-0.15, -0.1) is 0 Å². The van der Waals surface area contributed by atoms with Gasteiger partial charge in [0.15, 0.2) is 11.6 Å². The van der Waals surface area contributed by atoms with E-state index in [1.165, 1.54) is 16.6 Å². The Hall–Kier alpha value is -2.67. The van der Waals surface area contributed by atoms with Gasteiger partial charge in [0, 0.05) is 57.2 Å². The van der Waals surface area contributed by atoms with Crippen molar-refractivity contribution in [3.8, 4) is 0 Å². The molecule has 4 rings (SSSR count). The highest BCUT2D eigenvalue weighted by Gasteiger charge is 2.28. The van der Waals surface area contributed by atoms with Gasteiger partial charge in [-0.05, 0) is 31.2 Å². The van der Waals surface area contributed by atoms with Crippen LogP contribution in [-0.4, -0.2) is 87.0 Å². The number of piperazine rings is 1. The van der Waals surface area contributed by atoms with Gasteiger partial charge in [-0.2, -0.15) is 4.31 Å². The molecule has 2 saturated heterocycles. The molecule has 2 aliphatic heterocycles. The Kier molecular flexibility index (Phi) is 7.41. The quantitative estimate of drug-likeness (QED) is 0.650. The Morgan fingerprint density at radius 2 is 1.74 bits per heavy atom. The molecule has 1 N–H and O–H groups in total. The molecule has 184 valence electrons. The smallest absolute Gasteiger partial charge is 0.244 e. The molecule has 2 aliphatic rings. The number of nitrogens with one attached hydrogen (secondary N) is 1. The van der Waals surface area contributed by atoms with Crippen molar-refractivity contribution in [3.63, 3.8) is 0 Å². The Balaban J connectivity index is 1.32. The summed E-state index contributed by atoms with van der Waals surface area (Å²) >= 11 is 0. The number of aromatic nitrogens is 1. The molecule has 0 radical (unpaired) electrons. The molecule has 3 heterocycles. The number of amides is 1. The number of rotatable bonds is 6. The molecule has 2 aromatic rings. The molecule has 0 bridgehead atoms. The van der Waals surface area contributed by atoms with Gasteiger partial charge in [-0.1, -0.05) is 0 Å². The van der Waals surface area contributed by atoms with E-state index in [0.29, 0.717) is 58.3 Å². The monoisotopic (exact) mass is 495 g/mol. The topological polar surface area (TPSA) is 95.1 Å². The van der Waals surface area contributed by atoms with Crippen LogP contribution in [0.1, 0.15) is 6.92 Å². The van der Waals surface area contributed by atoms with E-state index in [2.05, 4.69) is 10.3 Å². The number of sulfonamides is 1. The number of anilines is 2. The van der Waals surface area contributed by atoms with E-state index < -0.39 is 27.7 Å². The lowest BCUT2D eigenvalue weighted by Gasteiger charge is -2.38. The first kappa shape index (κ1) is 24.5. The van der Waals surface area contributed by atoms with Crippen LogP contribution in [0.15, 0.2) is 41.4 Å². The number of ether oxygens (including phenoxy) is 1. The zero-order valence-corrected chi connectivity index (χ0v) is 19.6. The molecule has 0 spiro atoms. The van der Waals surface area contributed by atoms with Crippen molar-refractivity contribution < 1.29 is 26.7 Å². The van der Waals surface area contributed by atoms with Crippen molar-refractivity contribution in [1.29, 1.82) is 0 Å². The fourth-order valence-corrected chi connectivity index (χ4v) is 5.33. The Bertz CT molecular complexity index is 1120. The zero-order chi connectivity index (χ0) is 24.3. The van der Waals surface area contributed by atoms with Gasteiger partial charge in [0.05, 0.1) is 19.3 Å². The summed E-state index contributed by atoms with van der Waals surface area (Å²) in [4.78, 5) is 21.1. The van der Waals surface area contributed by atoms with Crippen LogP contribution in [0.2, 0.25) is 0 Å². The lowest BCUT2D eigenvalue weighted by molar-refractivity contribution is -0.120. The molecule has 9 nitrogen and oxygen atoms in total. The number of hydrogen-bond donors (Lipinski definition) is 1. The van der Waals surface area contributed by atoms with Gasteiger partial charge in [0.1, 0.15) is 10.7 Å². The number of hydrogen-bond acceptors (Lipinski definition) is 7. The SMILES string of the molecule is CC(C(=O)Nc1ccc(F)c(F)c1)N1CCN(c2ccc(S(=O)(=O)N3CCOCC3)cn2)CC1. The fraction of sp³-hybridized carbons (Fsp3) is 0.455. The van der Waals surface area contributed by atoms with Crippen LogP contribution < -0.4 is 10.2 Å². The van der Waals surface area contributed by atoms with Gasteiger partial charge >= 0.3 is 0 Å². The summed E-state index contributed by atoms with van der Waals surface area (Å²) < 4.78 is 58.6. The maximum absolute atomic E-state index is 13.4. The van der Waals surface area contributed by atoms with E-state index >= 15 is 0 Å². The Morgan fingerprint density at radius 1 is 1.03 bits per heavy atom. The number of morpholine rings is 1. The van der Waals surface area contributed by atoms with Crippen molar-refractivity contribution in [2.75, 3.05) is 62.7 Å². The third kappa shape index (κ3) is 5.35. The molecular formula is C22H27F2N5O4S. The second kappa shape index (κ2) is 10.3. The zero-order valence-electron chi connectivity index (χ0n) is 18.8. The minimum absolute atomic E-state index is 0.152. The van der Waals surface area contributed by atoms with Gasteiger partial charge in [0.2, 0.25) is 15.9 Å². The first-order valence-electron chi connectivity index (χ1n) is 11.0. The van der Waals surface area contributed by atoms with Crippen LogP contribution in [0.5, 0.6) is 0 Å². The molecule has 0 saturated carbocycles. The van der Waals surface area contributed by atoms with Crippen molar-refractivity contribution in [2.24, 2.45) is 0 Å². The first-order valence-corrected chi connectivity index (χ1v) is 12.5. The third-order valence-electron chi connectivity index (χ3n) is 6.08. The summed E-state index contributed by atoms with van der Waals surface area (Å²) in [6.45, 7) is 5.55. The summed E-state index contributed by atoms with van der Waals surface area (Å²) in [6, 6.07) is 6.03. The van der Waals surface area contributed by atoms with E-state index in [9.17, 15) is 22.0 Å². The average molecular weight is 496 g/mol. The molecule has 2 fully saturated rings. The van der Waals surface area contributed by atoms with Crippen LogP contribution in [-0.2, 0) is 19.6 Å². The fourth-order valence-electron chi connectivity index (χ4n) is 3.97. The summed E-state index contributed by atoms with van der Waals surface area (Å²) in [7, 11) is -3.59. The predicted molar refractivity (Wildman–Crippen MR) is 122 cm³/mol. The number of pyridine rings is 1. The largest absolute Gasteiger partial charge is 0.379 e. The molecule has 1 atom stereocenters. The molecule has 1 unspecified atom stereocenters. The molecule has 1 aromatic heterocycles. The lowest BCUT2D eigenvalue weighted by Crippen LogP contribution is -2.53. The normalized spacial score (nSPS) is 19.1. The number of benzene rings is 1. The number of halogens is 2. The highest BCUT2D eigenvalue weighted by Crippen LogP contribution is 2.21. The molecule has 0 aliphatic carbocycles. The third-order valence-corrected chi connectivity index (χ3v) is 7.96. The van der Waals surface area contributed by atoms with Crippen molar-refractivity contribution >= 4 is 27.4 Å². The molecule has 1 aromatic carbocycles. The van der Waals surface area contributed by atoms with Gasteiger partial charge in [0.25, 0.3) is 0 Å². The van der Waals surface area contributed by atoms with Crippen LogP contribution in [0.25, 0.3) is 0 Å². The summed E-state index contributed by atoms with van der Waals surface area (Å²) in [5.74, 6) is -1.63. The van der Waals surface area contributed by atoms with Crippen molar-refractivity contribution in [2.45, 2.75) is 17.9 Å². The number of nitrogens with zero attached hydrogens (tertiary/aromatic N) is 4. The molecule has 1 amide bonds. The summed E-state index contributed by atoms with van der Waals surface area (Å²) in [5.41, 5.74) is 0.200. The van der Waals surface area contributed by atoms with Gasteiger partial charge < -0.3 is 15.0 Å². The maximum atomic E-state index is 13.4. The second-order valence-corrected chi connectivity index (χ2v) is 10.1. The lowest BCUT2D eigenvalue weighted by atomic mass is 10.2. The van der Waals surface area contributed by atoms with E-state index in [-0.39, 0.29) is 16.5 Å². The minimum Gasteiger partial charge on any atom is -0.379 e. The summed E-state index contributed by atoms with van der Waals surface area (Å²) in [5, 5.41) is 2.62. The first-order chi connectivity index (χ1) is 16.3. The van der Waals surface area contributed by atoms with Crippen molar-refractivity contribution in [1.82, 2.24) is 14.2 Å². The minimum atomic E-state index is -3.59. The van der Waals surface area contributed by atoms with E-state index in [1.807, 2.05) is 9.80 Å². The molecule has 12 heteroatoms. The van der Waals surface area contributed by atoms with E-state index in [1.54, 1.807) is 19.1 Å². The average Bonchev–Trinajstić information content (AvgIpc) is 2.86. The molecule has 34 heavy (non-hydrogen) atoms. The number of carbonyl (C=O) groups excluding carboxylic acids is 1. The van der Waals surface area contributed by atoms with Crippen LogP contribution in [0, 0.1) is 11.6 Å². The van der Waals surface area contributed by atoms with Gasteiger partial charge in [-0.25, -0.2) is 22.2 Å². The highest BCUT2D eigenvalue weighted by atomic mass is 32.2. The maximum Gasteiger partial charge on any atom is 0.244 e. The standard InChI is InChI=1S/C22H27F2N5O4S/c1-16(22(30)26-17-2-4-19(23)20(24)14-17)27-6-8-28(9-7-27)21-5-3-18(15-25-21)34(31,32)29-10-12-33-13-11-29/h2-5,14-16H,6-13H2,1H3,(H,26,30). The second-order valence-electron chi connectivity index (χ2n) is 8.19. The van der Waals surface area contributed by atoms with E-state index in [0.717, 1.165) is 12.1 Å². The molecular weight excluding hydrogens is 468 g/mol. The Morgan fingerprint density at radius 3 is 2.35 bits per heavy atom. The summed E-state index contributed by atoms with van der Waals surface area (Å²) in [6.07, 6.45) is 1.38. The van der Waals surface area contributed by atoms with E-state index in [4.69, 9.17) is 4.74 Å².